The van der Waals surface area contributed by atoms with Crippen molar-refractivity contribution in [3.05, 3.63) is 150 Å². The summed E-state index contributed by atoms with van der Waals surface area (Å²) in [5, 5.41) is 2.98. The first-order valence-electron chi connectivity index (χ1n) is 14.7. The van der Waals surface area contributed by atoms with Gasteiger partial charge in [0.15, 0.2) is 4.80 Å². The molecule has 1 aliphatic rings. The summed E-state index contributed by atoms with van der Waals surface area (Å²) in [4.78, 5) is 33.2. The van der Waals surface area contributed by atoms with Crippen LogP contribution in [0.5, 0.6) is 17.2 Å². The maximum atomic E-state index is 14.2. The Bertz CT molecular complexity index is 2120. The first kappa shape index (κ1) is 30.6. The third-order valence-corrected chi connectivity index (χ3v) is 8.79. The number of aromatic nitrogens is 1. The summed E-state index contributed by atoms with van der Waals surface area (Å²) in [6.07, 6.45) is 1.84. The standard InChI is InChI=1S/C37H33N3O5S/c1-23-10-8-9-13-30(23)45-22-27-20-25(14-19-31(27)44-4)21-32-36(42)40-34(26-15-17-29(43-3)18-16-26)33(24(2)38-37(40)46-32)35(41)39-28-11-6-5-7-12-28/h5-21,34H,22H2,1-4H3,(H,39,41)/b32-21-. The first-order chi connectivity index (χ1) is 22.4. The fourth-order valence-electron chi connectivity index (χ4n) is 5.46. The van der Waals surface area contributed by atoms with Gasteiger partial charge in [-0.15, -0.1) is 0 Å². The minimum absolute atomic E-state index is 0.240. The number of carbonyl (C=O) groups is 1. The number of para-hydroxylation sites is 2. The molecule has 0 fully saturated rings. The number of aryl methyl sites for hydroxylation is 1. The van der Waals surface area contributed by atoms with Crippen LogP contribution in [-0.2, 0) is 11.4 Å². The first-order valence-corrected chi connectivity index (χ1v) is 15.6. The number of nitrogens with one attached hydrogen (secondary N) is 1. The smallest absolute Gasteiger partial charge is 0.271 e. The van der Waals surface area contributed by atoms with Crippen LogP contribution >= 0.6 is 11.3 Å². The lowest BCUT2D eigenvalue weighted by molar-refractivity contribution is -0.113. The average Bonchev–Trinajstić information content (AvgIpc) is 3.37. The molecule has 46 heavy (non-hydrogen) atoms. The van der Waals surface area contributed by atoms with Crippen LogP contribution in [0, 0.1) is 6.92 Å². The number of amides is 1. The number of hydrogen-bond donors (Lipinski definition) is 1. The number of ether oxygens (including phenoxy) is 3. The number of carbonyl (C=O) groups excluding carboxylic acids is 1. The molecule has 0 spiro atoms. The van der Waals surface area contributed by atoms with Gasteiger partial charge in [0, 0.05) is 11.3 Å². The van der Waals surface area contributed by atoms with Crippen molar-refractivity contribution in [1.29, 1.82) is 0 Å². The van der Waals surface area contributed by atoms with E-state index < -0.39 is 6.04 Å². The van der Waals surface area contributed by atoms with E-state index in [0.29, 0.717) is 44.4 Å². The van der Waals surface area contributed by atoms with Crippen LogP contribution in [0.25, 0.3) is 6.08 Å². The molecule has 0 aliphatic carbocycles. The number of benzene rings is 4. The highest BCUT2D eigenvalue weighted by molar-refractivity contribution is 7.07. The number of rotatable bonds is 9. The number of fused-ring (bicyclic) bond motifs is 1. The summed E-state index contributed by atoms with van der Waals surface area (Å²) >= 11 is 1.29. The third kappa shape index (κ3) is 6.23. The normalized spacial score (nSPS) is 14.3. The van der Waals surface area contributed by atoms with Gasteiger partial charge in [-0.1, -0.05) is 65.9 Å². The molecule has 6 rings (SSSR count). The zero-order valence-electron chi connectivity index (χ0n) is 25.9. The van der Waals surface area contributed by atoms with E-state index in [2.05, 4.69) is 5.32 Å². The molecular formula is C37H33N3O5S. The molecule has 9 heteroatoms. The fraction of sp³-hybridized carbons (Fsp3) is 0.162. The Hall–Kier alpha value is -5.41. The van der Waals surface area contributed by atoms with Crippen LogP contribution in [0.2, 0.25) is 0 Å². The van der Waals surface area contributed by atoms with Crippen molar-refractivity contribution in [2.45, 2.75) is 26.5 Å². The molecule has 0 saturated carbocycles. The second-order valence-electron chi connectivity index (χ2n) is 10.8. The van der Waals surface area contributed by atoms with E-state index >= 15 is 0 Å². The van der Waals surface area contributed by atoms with Gasteiger partial charge in [0.1, 0.15) is 23.9 Å². The van der Waals surface area contributed by atoms with Crippen molar-refractivity contribution in [1.82, 2.24) is 4.57 Å². The SMILES string of the molecule is COc1ccc(C2C(C(=O)Nc3ccccc3)=C(C)N=c3s/c(=C\c4ccc(OC)c(COc5ccccc5C)c4)c(=O)n32)cc1. The van der Waals surface area contributed by atoms with Crippen molar-refractivity contribution in [3.8, 4) is 17.2 Å². The van der Waals surface area contributed by atoms with E-state index in [1.54, 1.807) is 25.7 Å². The van der Waals surface area contributed by atoms with E-state index in [9.17, 15) is 9.59 Å². The predicted octanol–water partition coefficient (Wildman–Crippen LogP) is 5.78. The van der Waals surface area contributed by atoms with Gasteiger partial charge < -0.3 is 19.5 Å². The molecule has 232 valence electrons. The Morgan fingerprint density at radius 2 is 1.65 bits per heavy atom. The van der Waals surface area contributed by atoms with Gasteiger partial charge in [-0.05, 0) is 79.1 Å². The van der Waals surface area contributed by atoms with Crippen LogP contribution in [-0.4, -0.2) is 24.7 Å². The molecule has 0 saturated heterocycles. The van der Waals surface area contributed by atoms with Gasteiger partial charge in [-0.25, -0.2) is 4.99 Å². The number of nitrogens with zero attached hydrogens (tertiary/aromatic N) is 2. The minimum atomic E-state index is -0.693. The van der Waals surface area contributed by atoms with E-state index in [1.807, 2.05) is 110 Å². The van der Waals surface area contributed by atoms with Crippen molar-refractivity contribution in [2.75, 3.05) is 19.5 Å². The number of anilines is 1. The highest BCUT2D eigenvalue weighted by Gasteiger charge is 2.32. The van der Waals surface area contributed by atoms with Gasteiger partial charge in [-0.2, -0.15) is 0 Å². The molecular weight excluding hydrogens is 598 g/mol. The summed E-state index contributed by atoms with van der Waals surface area (Å²) in [5.74, 6) is 1.84. The Balaban J connectivity index is 1.41. The highest BCUT2D eigenvalue weighted by atomic mass is 32.1. The Morgan fingerprint density at radius 1 is 0.913 bits per heavy atom. The molecule has 1 aliphatic heterocycles. The number of hydrogen-bond acceptors (Lipinski definition) is 7. The quantitative estimate of drug-likeness (QED) is 0.223. The molecule has 1 atom stereocenters. The second-order valence-corrected chi connectivity index (χ2v) is 11.8. The molecule has 1 N–H and O–H groups in total. The average molecular weight is 632 g/mol. The lowest BCUT2D eigenvalue weighted by Gasteiger charge is -2.25. The van der Waals surface area contributed by atoms with Crippen molar-refractivity contribution in [3.63, 3.8) is 0 Å². The van der Waals surface area contributed by atoms with Crippen LogP contribution in [0.15, 0.2) is 118 Å². The van der Waals surface area contributed by atoms with Crippen molar-refractivity contribution < 1.29 is 19.0 Å². The zero-order valence-corrected chi connectivity index (χ0v) is 26.8. The summed E-state index contributed by atoms with van der Waals surface area (Å²) in [6.45, 7) is 4.10. The molecule has 4 aromatic carbocycles. The van der Waals surface area contributed by atoms with Gasteiger partial charge in [0.05, 0.1) is 36.1 Å². The van der Waals surface area contributed by atoms with Crippen LogP contribution in [0.3, 0.4) is 0 Å². The minimum Gasteiger partial charge on any atom is -0.497 e. The second kappa shape index (κ2) is 13.3. The molecule has 0 bridgehead atoms. The van der Waals surface area contributed by atoms with E-state index in [-0.39, 0.29) is 11.5 Å². The lowest BCUT2D eigenvalue weighted by Crippen LogP contribution is -2.40. The molecule has 8 nitrogen and oxygen atoms in total. The summed E-state index contributed by atoms with van der Waals surface area (Å²) in [5.41, 5.74) is 4.82. The molecule has 1 unspecified atom stereocenters. The summed E-state index contributed by atoms with van der Waals surface area (Å²) in [7, 11) is 3.22. The van der Waals surface area contributed by atoms with Gasteiger partial charge in [0.2, 0.25) is 0 Å². The third-order valence-electron chi connectivity index (χ3n) is 7.81. The van der Waals surface area contributed by atoms with Crippen LogP contribution < -0.4 is 34.4 Å². The largest absolute Gasteiger partial charge is 0.497 e. The number of allylic oxidation sites excluding steroid dienone is 1. The van der Waals surface area contributed by atoms with Gasteiger partial charge >= 0.3 is 0 Å². The Kier molecular flexibility index (Phi) is 8.85. The number of methoxy groups -OCH3 is 2. The lowest BCUT2D eigenvalue weighted by atomic mass is 9.95. The summed E-state index contributed by atoms with van der Waals surface area (Å²) < 4.78 is 19.2. The van der Waals surface area contributed by atoms with Crippen molar-refractivity contribution >= 4 is 29.0 Å². The van der Waals surface area contributed by atoms with Crippen LogP contribution in [0.4, 0.5) is 5.69 Å². The van der Waals surface area contributed by atoms with E-state index in [1.165, 1.54) is 11.3 Å². The zero-order chi connectivity index (χ0) is 32.2. The topological polar surface area (TPSA) is 91.2 Å². The van der Waals surface area contributed by atoms with Gasteiger partial charge in [0.25, 0.3) is 11.5 Å². The molecule has 1 aromatic heterocycles. The molecule has 2 heterocycles. The molecule has 0 radical (unpaired) electrons. The fourth-order valence-corrected chi connectivity index (χ4v) is 6.51. The maximum absolute atomic E-state index is 14.2. The molecule has 1 amide bonds. The monoisotopic (exact) mass is 631 g/mol. The van der Waals surface area contributed by atoms with Crippen molar-refractivity contribution in [2.24, 2.45) is 4.99 Å². The highest BCUT2D eigenvalue weighted by Crippen LogP contribution is 2.32. The predicted molar refractivity (Wildman–Crippen MR) is 180 cm³/mol. The Labute approximate surface area is 270 Å². The van der Waals surface area contributed by atoms with E-state index in [4.69, 9.17) is 19.2 Å². The Morgan fingerprint density at radius 3 is 2.37 bits per heavy atom. The maximum Gasteiger partial charge on any atom is 0.271 e. The molecule has 5 aromatic rings. The van der Waals surface area contributed by atoms with E-state index in [0.717, 1.165) is 28.0 Å². The summed E-state index contributed by atoms with van der Waals surface area (Å²) in [6, 6.07) is 29.5. The van der Waals surface area contributed by atoms with Crippen LogP contribution in [0.1, 0.15) is 35.2 Å². The number of thiazole rings is 1. The van der Waals surface area contributed by atoms with Gasteiger partial charge in [-0.3, -0.25) is 14.2 Å².